The Labute approximate surface area is 114 Å². The first kappa shape index (κ1) is 14.0. The molecule has 0 aliphatic carbocycles. The Morgan fingerprint density at radius 1 is 1.40 bits per heavy atom. The van der Waals surface area contributed by atoms with Crippen molar-refractivity contribution in [2.75, 3.05) is 26.2 Å². The van der Waals surface area contributed by atoms with Crippen LogP contribution in [0.2, 0.25) is 0 Å². The fraction of sp³-hybridized carbons (Fsp3) is 0.308. The molecule has 0 aromatic heterocycles. The van der Waals surface area contributed by atoms with Gasteiger partial charge in [0.2, 0.25) is 11.8 Å². The minimum atomic E-state index is -0.528. The topological polar surface area (TPSA) is 78.5 Å². The van der Waals surface area contributed by atoms with Crippen LogP contribution >= 0.6 is 0 Å². The number of amides is 3. The van der Waals surface area contributed by atoms with Gasteiger partial charge in [0.15, 0.2) is 0 Å². The summed E-state index contributed by atoms with van der Waals surface area (Å²) in [6.45, 7) is 0.597. The molecule has 3 amide bonds. The summed E-state index contributed by atoms with van der Waals surface area (Å²) < 4.78 is 13.0. The monoisotopic (exact) mass is 279 g/mol. The lowest BCUT2D eigenvalue weighted by Gasteiger charge is -2.26. The van der Waals surface area contributed by atoms with Gasteiger partial charge < -0.3 is 15.5 Å². The van der Waals surface area contributed by atoms with Crippen LogP contribution in [-0.2, 0) is 9.59 Å². The molecule has 1 fully saturated rings. The molecule has 2 rings (SSSR count). The Morgan fingerprint density at radius 3 is 2.90 bits per heavy atom. The predicted molar refractivity (Wildman–Crippen MR) is 68.3 cm³/mol. The van der Waals surface area contributed by atoms with Crippen molar-refractivity contribution >= 4 is 17.7 Å². The normalized spacial score (nSPS) is 14.7. The van der Waals surface area contributed by atoms with Crippen molar-refractivity contribution in [3.63, 3.8) is 0 Å². The summed E-state index contributed by atoms with van der Waals surface area (Å²) in [5.74, 6) is -1.61. The van der Waals surface area contributed by atoms with Gasteiger partial charge in [0.1, 0.15) is 5.82 Å². The molecule has 0 atom stereocenters. The second kappa shape index (κ2) is 6.14. The highest BCUT2D eigenvalue weighted by atomic mass is 19.1. The van der Waals surface area contributed by atoms with Crippen LogP contribution < -0.4 is 10.6 Å². The molecule has 1 heterocycles. The minimum absolute atomic E-state index is 0.00529. The van der Waals surface area contributed by atoms with E-state index in [-0.39, 0.29) is 30.5 Å². The van der Waals surface area contributed by atoms with Gasteiger partial charge in [0, 0.05) is 18.7 Å². The van der Waals surface area contributed by atoms with Crippen LogP contribution in [0, 0.1) is 5.82 Å². The first-order valence-electron chi connectivity index (χ1n) is 6.14. The second-order valence-corrected chi connectivity index (χ2v) is 4.36. The lowest BCUT2D eigenvalue weighted by Crippen LogP contribution is -2.52. The number of halogens is 1. The molecule has 0 unspecified atom stereocenters. The molecule has 6 nitrogen and oxygen atoms in total. The van der Waals surface area contributed by atoms with E-state index in [9.17, 15) is 18.8 Å². The largest absolute Gasteiger partial charge is 0.353 e. The number of piperazine rings is 1. The van der Waals surface area contributed by atoms with Gasteiger partial charge in [-0.2, -0.15) is 0 Å². The quantitative estimate of drug-likeness (QED) is 0.784. The summed E-state index contributed by atoms with van der Waals surface area (Å²) in [4.78, 5) is 36.0. The Bertz CT molecular complexity index is 547. The maximum absolute atomic E-state index is 13.0. The van der Waals surface area contributed by atoms with Gasteiger partial charge in [-0.05, 0) is 18.2 Å². The van der Waals surface area contributed by atoms with Gasteiger partial charge in [-0.25, -0.2) is 4.39 Å². The van der Waals surface area contributed by atoms with E-state index in [0.29, 0.717) is 13.1 Å². The van der Waals surface area contributed by atoms with E-state index in [2.05, 4.69) is 10.6 Å². The smallest absolute Gasteiger partial charge is 0.251 e. The van der Waals surface area contributed by atoms with Gasteiger partial charge in [0.05, 0.1) is 13.1 Å². The van der Waals surface area contributed by atoms with Crippen molar-refractivity contribution in [2.45, 2.75) is 0 Å². The number of hydrogen-bond donors (Lipinski definition) is 2. The third-order valence-electron chi connectivity index (χ3n) is 2.88. The Morgan fingerprint density at radius 2 is 2.20 bits per heavy atom. The third-order valence-corrected chi connectivity index (χ3v) is 2.88. The predicted octanol–water partition coefficient (Wildman–Crippen LogP) is -0.486. The molecule has 20 heavy (non-hydrogen) atoms. The van der Waals surface area contributed by atoms with Crippen LogP contribution in [0.1, 0.15) is 10.4 Å². The third kappa shape index (κ3) is 3.53. The van der Waals surface area contributed by atoms with Gasteiger partial charge in [-0.15, -0.1) is 0 Å². The summed E-state index contributed by atoms with van der Waals surface area (Å²) >= 11 is 0. The average Bonchev–Trinajstić information content (AvgIpc) is 2.44. The van der Waals surface area contributed by atoms with E-state index >= 15 is 0 Å². The molecular formula is C13H14FN3O3. The summed E-state index contributed by atoms with van der Waals surface area (Å²) in [5.41, 5.74) is 0.147. The van der Waals surface area contributed by atoms with Crippen molar-refractivity contribution in [3.05, 3.63) is 35.6 Å². The van der Waals surface area contributed by atoms with Crippen LogP contribution in [-0.4, -0.2) is 48.8 Å². The number of hydrogen-bond acceptors (Lipinski definition) is 3. The molecular weight excluding hydrogens is 265 g/mol. The summed E-state index contributed by atoms with van der Waals surface area (Å²) in [7, 11) is 0. The zero-order valence-corrected chi connectivity index (χ0v) is 10.7. The number of carbonyl (C=O) groups excluding carboxylic acids is 3. The van der Waals surface area contributed by atoms with Crippen molar-refractivity contribution in [1.82, 2.24) is 15.5 Å². The van der Waals surface area contributed by atoms with Gasteiger partial charge >= 0.3 is 0 Å². The van der Waals surface area contributed by atoms with Crippen LogP contribution in [0.3, 0.4) is 0 Å². The molecule has 7 heteroatoms. The number of nitrogens with zero attached hydrogens (tertiary/aromatic N) is 1. The average molecular weight is 279 g/mol. The molecule has 0 saturated carbocycles. The second-order valence-electron chi connectivity index (χ2n) is 4.36. The Balaban J connectivity index is 1.87. The Hall–Kier alpha value is -2.44. The number of rotatable bonds is 3. The maximum atomic E-state index is 13.0. The summed E-state index contributed by atoms with van der Waals surface area (Å²) in [5, 5.41) is 5.01. The zero-order valence-electron chi connectivity index (χ0n) is 10.7. The van der Waals surface area contributed by atoms with Crippen molar-refractivity contribution in [3.8, 4) is 0 Å². The standard InChI is InChI=1S/C13H14FN3O3/c14-10-3-1-2-9(6-10)13(20)16-7-12(19)17-5-4-15-11(18)8-17/h1-3,6H,4-5,7-8H2,(H,15,18)(H,16,20). The van der Waals surface area contributed by atoms with Crippen LogP contribution in [0.4, 0.5) is 4.39 Å². The highest BCUT2D eigenvalue weighted by Gasteiger charge is 2.21. The zero-order chi connectivity index (χ0) is 14.5. The lowest BCUT2D eigenvalue weighted by atomic mass is 10.2. The SMILES string of the molecule is O=C1CN(C(=O)CNC(=O)c2cccc(F)c2)CCN1. The summed E-state index contributed by atoms with van der Waals surface area (Å²) in [6.07, 6.45) is 0. The minimum Gasteiger partial charge on any atom is -0.353 e. The van der Waals surface area contributed by atoms with E-state index in [1.807, 2.05) is 0 Å². The molecule has 2 N–H and O–H groups in total. The van der Waals surface area contributed by atoms with Gasteiger partial charge in [-0.3, -0.25) is 14.4 Å². The van der Waals surface area contributed by atoms with Crippen molar-refractivity contribution in [2.24, 2.45) is 0 Å². The fourth-order valence-electron chi connectivity index (χ4n) is 1.85. The summed E-state index contributed by atoms with van der Waals surface area (Å²) in [6, 6.07) is 5.20. The molecule has 106 valence electrons. The van der Waals surface area contributed by atoms with Crippen molar-refractivity contribution < 1.29 is 18.8 Å². The molecule has 1 saturated heterocycles. The molecule has 1 aliphatic heterocycles. The lowest BCUT2D eigenvalue weighted by molar-refractivity contribution is -0.137. The molecule has 0 radical (unpaired) electrons. The first-order valence-corrected chi connectivity index (χ1v) is 6.14. The maximum Gasteiger partial charge on any atom is 0.251 e. The van der Waals surface area contributed by atoms with Crippen molar-refractivity contribution in [1.29, 1.82) is 0 Å². The van der Waals surface area contributed by atoms with E-state index in [0.717, 1.165) is 6.07 Å². The molecule has 1 aromatic rings. The van der Waals surface area contributed by atoms with Crippen LogP contribution in [0.25, 0.3) is 0 Å². The van der Waals surface area contributed by atoms with E-state index in [1.54, 1.807) is 0 Å². The van der Waals surface area contributed by atoms with E-state index in [1.165, 1.54) is 23.1 Å². The highest BCUT2D eigenvalue weighted by Crippen LogP contribution is 2.03. The van der Waals surface area contributed by atoms with Gasteiger partial charge in [0.25, 0.3) is 5.91 Å². The molecule has 0 spiro atoms. The fourth-order valence-corrected chi connectivity index (χ4v) is 1.85. The first-order chi connectivity index (χ1) is 9.56. The number of carbonyl (C=O) groups is 3. The number of benzene rings is 1. The van der Waals surface area contributed by atoms with Crippen LogP contribution in [0.5, 0.6) is 0 Å². The molecule has 0 bridgehead atoms. The highest BCUT2D eigenvalue weighted by molar-refractivity contribution is 5.97. The molecule has 1 aromatic carbocycles. The van der Waals surface area contributed by atoms with E-state index in [4.69, 9.17) is 0 Å². The Kier molecular flexibility index (Phi) is 4.29. The van der Waals surface area contributed by atoms with E-state index < -0.39 is 11.7 Å². The molecule has 1 aliphatic rings. The van der Waals surface area contributed by atoms with Gasteiger partial charge in [-0.1, -0.05) is 6.07 Å². The number of nitrogens with one attached hydrogen (secondary N) is 2. The van der Waals surface area contributed by atoms with Crippen LogP contribution in [0.15, 0.2) is 24.3 Å².